The summed E-state index contributed by atoms with van der Waals surface area (Å²) in [5.74, 6) is 1.53. The number of hydrogen-bond acceptors (Lipinski definition) is 4. The molecule has 1 heterocycles. The fourth-order valence-corrected chi connectivity index (χ4v) is 2.15. The lowest BCUT2D eigenvalue weighted by Gasteiger charge is -2.11. The molecule has 0 radical (unpaired) electrons. The van der Waals surface area contributed by atoms with Crippen LogP contribution in [0.4, 0.5) is 0 Å². The van der Waals surface area contributed by atoms with E-state index in [0.29, 0.717) is 28.8 Å². The molecule has 0 saturated heterocycles. The minimum Gasteiger partial charge on any atom is -0.438 e. The highest BCUT2D eigenvalue weighted by Gasteiger charge is 2.19. The smallest absolute Gasteiger partial charge is 0.229 e. The molecule has 3 N–H and O–H groups in total. The number of benzene rings is 1. The predicted octanol–water partition coefficient (Wildman–Crippen LogP) is 2.74. The largest absolute Gasteiger partial charge is 0.438 e. The van der Waals surface area contributed by atoms with Gasteiger partial charge in [-0.3, -0.25) is 0 Å². The van der Waals surface area contributed by atoms with Crippen LogP contribution in [-0.2, 0) is 7.05 Å². The van der Waals surface area contributed by atoms with E-state index in [1.807, 2.05) is 18.2 Å². The Morgan fingerprint density at radius 1 is 1.43 bits per heavy atom. The average molecular weight is 288 g/mol. The molecule has 0 aliphatic rings. The summed E-state index contributed by atoms with van der Waals surface area (Å²) in [6.07, 6.45) is 0. The molecule has 0 aliphatic heterocycles. The molecule has 21 heavy (non-hydrogen) atoms. The van der Waals surface area contributed by atoms with E-state index in [-0.39, 0.29) is 5.84 Å². The molecule has 0 aliphatic carbocycles. The van der Waals surface area contributed by atoms with E-state index < -0.39 is 0 Å². The van der Waals surface area contributed by atoms with Crippen LogP contribution >= 0.6 is 0 Å². The molecule has 0 saturated carbocycles. The minimum atomic E-state index is -0.0179. The van der Waals surface area contributed by atoms with Crippen LogP contribution in [0.2, 0.25) is 0 Å². The summed E-state index contributed by atoms with van der Waals surface area (Å²) in [5.41, 5.74) is 8.02. The highest BCUT2D eigenvalue weighted by atomic mass is 16.5. The normalized spacial score (nSPS) is 12.0. The van der Waals surface area contributed by atoms with Gasteiger partial charge in [-0.2, -0.15) is 5.10 Å². The van der Waals surface area contributed by atoms with Crippen molar-refractivity contribution in [3.8, 4) is 11.6 Å². The van der Waals surface area contributed by atoms with Crippen LogP contribution in [-0.4, -0.2) is 20.8 Å². The van der Waals surface area contributed by atoms with Gasteiger partial charge in [0.15, 0.2) is 5.84 Å². The number of oxime groups is 1. The van der Waals surface area contributed by atoms with E-state index in [4.69, 9.17) is 15.7 Å². The van der Waals surface area contributed by atoms with E-state index in [1.54, 1.807) is 18.7 Å². The molecule has 0 fully saturated rings. The van der Waals surface area contributed by atoms with Gasteiger partial charge in [-0.1, -0.05) is 31.1 Å². The fourth-order valence-electron chi connectivity index (χ4n) is 2.15. The van der Waals surface area contributed by atoms with Gasteiger partial charge >= 0.3 is 0 Å². The molecule has 0 atom stereocenters. The summed E-state index contributed by atoms with van der Waals surface area (Å²) in [7, 11) is 1.75. The summed E-state index contributed by atoms with van der Waals surface area (Å²) in [5, 5.41) is 16.2. The summed E-state index contributed by atoms with van der Waals surface area (Å²) in [6.45, 7) is 6.02. The van der Waals surface area contributed by atoms with Crippen LogP contribution in [0.3, 0.4) is 0 Å². The Labute approximate surface area is 123 Å². The third-order valence-electron chi connectivity index (χ3n) is 3.27. The molecular weight excluding hydrogens is 268 g/mol. The molecular formula is C15H20N4O2. The second-order valence-corrected chi connectivity index (χ2v) is 5.20. The van der Waals surface area contributed by atoms with Crippen LogP contribution in [0, 0.1) is 6.92 Å². The molecule has 6 nitrogen and oxygen atoms in total. The second kappa shape index (κ2) is 5.87. The van der Waals surface area contributed by atoms with Gasteiger partial charge in [0.05, 0.1) is 5.69 Å². The lowest BCUT2D eigenvalue weighted by molar-refractivity contribution is 0.318. The van der Waals surface area contributed by atoms with Gasteiger partial charge < -0.3 is 15.7 Å². The fraction of sp³-hybridized carbons (Fsp3) is 0.333. The van der Waals surface area contributed by atoms with Crippen LogP contribution in [0.15, 0.2) is 29.4 Å². The maximum Gasteiger partial charge on any atom is 0.229 e. The predicted molar refractivity (Wildman–Crippen MR) is 81.1 cm³/mol. The van der Waals surface area contributed by atoms with Crippen LogP contribution in [0.5, 0.6) is 11.6 Å². The Balaban J connectivity index is 2.42. The van der Waals surface area contributed by atoms with Crippen LogP contribution in [0.25, 0.3) is 0 Å². The van der Waals surface area contributed by atoms with Crippen LogP contribution < -0.4 is 10.5 Å². The third kappa shape index (κ3) is 2.99. The Morgan fingerprint density at radius 2 is 2.14 bits per heavy atom. The lowest BCUT2D eigenvalue weighted by Crippen LogP contribution is -2.15. The summed E-state index contributed by atoms with van der Waals surface area (Å²) in [4.78, 5) is 0. The summed E-state index contributed by atoms with van der Waals surface area (Å²) < 4.78 is 7.48. The molecule has 0 amide bonds. The Kier molecular flexibility index (Phi) is 4.16. The number of amidine groups is 1. The Bertz CT molecular complexity index is 674. The summed E-state index contributed by atoms with van der Waals surface area (Å²) in [6, 6.07) is 7.83. The van der Waals surface area contributed by atoms with E-state index in [9.17, 15) is 0 Å². The molecule has 6 heteroatoms. The number of ether oxygens (including phenoxy) is 1. The molecule has 2 rings (SSSR count). The number of aryl methyl sites for hydroxylation is 2. The highest BCUT2D eigenvalue weighted by Crippen LogP contribution is 2.29. The van der Waals surface area contributed by atoms with Gasteiger partial charge in [0.25, 0.3) is 0 Å². The van der Waals surface area contributed by atoms with Crippen molar-refractivity contribution in [1.82, 2.24) is 9.78 Å². The highest BCUT2D eigenvalue weighted by molar-refractivity contribution is 6.00. The van der Waals surface area contributed by atoms with Crippen molar-refractivity contribution in [2.75, 3.05) is 0 Å². The third-order valence-corrected chi connectivity index (χ3v) is 3.27. The zero-order chi connectivity index (χ0) is 15.6. The molecule has 2 aromatic rings. The summed E-state index contributed by atoms with van der Waals surface area (Å²) >= 11 is 0. The maximum absolute atomic E-state index is 8.90. The SMILES string of the molecule is Cc1nn(C)c(Oc2cccc(C(C)C)c2)c1C(N)=NO. The quantitative estimate of drug-likeness (QED) is 0.392. The first-order chi connectivity index (χ1) is 9.93. The van der Waals surface area contributed by atoms with E-state index in [1.165, 1.54) is 5.56 Å². The van der Waals surface area contributed by atoms with E-state index >= 15 is 0 Å². The zero-order valence-electron chi connectivity index (χ0n) is 12.7. The molecule has 112 valence electrons. The van der Waals surface area contributed by atoms with Crippen molar-refractivity contribution in [2.45, 2.75) is 26.7 Å². The zero-order valence-corrected chi connectivity index (χ0v) is 12.7. The number of nitrogens with two attached hydrogens (primary N) is 1. The molecule has 0 unspecified atom stereocenters. The van der Waals surface area contributed by atoms with Crippen molar-refractivity contribution < 1.29 is 9.94 Å². The molecule has 0 spiro atoms. The van der Waals surface area contributed by atoms with Gasteiger partial charge in [0.2, 0.25) is 5.88 Å². The van der Waals surface area contributed by atoms with Gasteiger partial charge in [0.1, 0.15) is 11.3 Å². The monoisotopic (exact) mass is 288 g/mol. The number of nitrogens with zero attached hydrogens (tertiary/aromatic N) is 3. The minimum absolute atomic E-state index is 0.0179. The average Bonchev–Trinajstić information content (AvgIpc) is 2.73. The number of hydrogen-bond donors (Lipinski definition) is 2. The Morgan fingerprint density at radius 3 is 2.76 bits per heavy atom. The molecule has 1 aromatic heterocycles. The Hall–Kier alpha value is -2.50. The maximum atomic E-state index is 8.90. The van der Waals surface area contributed by atoms with Crippen LogP contribution in [0.1, 0.15) is 36.6 Å². The van der Waals surface area contributed by atoms with Gasteiger partial charge in [-0.05, 0) is 30.5 Å². The first kappa shape index (κ1) is 14.9. The number of aromatic nitrogens is 2. The van der Waals surface area contributed by atoms with Gasteiger partial charge in [-0.25, -0.2) is 4.68 Å². The molecule has 1 aromatic carbocycles. The van der Waals surface area contributed by atoms with Crippen molar-refractivity contribution in [3.63, 3.8) is 0 Å². The number of rotatable bonds is 4. The van der Waals surface area contributed by atoms with Crippen molar-refractivity contribution in [1.29, 1.82) is 0 Å². The van der Waals surface area contributed by atoms with Gasteiger partial charge in [0, 0.05) is 7.05 Å². The topological polar surface area (TPSA) is 85.7 Å². The van der Waals surface area contributed by atoms with E-state index in [2.05, 4.69) is 30.2 Å². The van der Waals surface area contributed by atoms with Crippen molar-refractivity contribution in [2.24, 2.45) is 17.9 Å². The van der Waals surface area contributed by atoms with Gasteiger partial charge in [-0.15, -0.1) is 0 Å². The standard InChI is InChI=1S/C15H20N4O2/c1-9(2)11-6-5-7-12(8-11)21-15-13(14(16)18-20)10(3)17-19(15)4/h5-9,20H,1-4H3,(H2,16,18). The van der Waals surface area contributed by atoms with Crippen molar-refractivity contribution >= 4 is 5.84 Å². The second-order valence-electron chi connectivity index (χ2n) is 5.20. The first-order valence-corrected chi connectivity index (χ1v) is 6.73. The molecule has 0 bridgehead atoms. The van der Waals surface area contributed by atoms with Crippen molar-refractivity contribution in [3.05, 3.63) is 41.1 Å². The lowest BCUT2D eigenvalue weighted by atomic mass is 10.0. The first-order valence-electron chi connectivity index (χ1n) is 6.73. The van der Waals surface area contributed by atoms with E-state index in [0.717, 1.165) is 0 Å².